The van der Waals surface area contributed by atoms with Gasteiger partial charge in [-0.05, 0) is 5.92 Å². The summed E-state index contributed by atoms with van der Waals surface area (Å²) in [6.45, 7) is 6.89. The van der Waals surface area contributed by atoms with Crippen molar-refractivity contribution in [2.24, 2.45) is 5.92 Å². The molecule has 0 atom stereocenters. The van der Waals surface area contributed by atoms with Crippen molar-refractivity contribution in [3.8, 4) is 0 Å². The maximum atomic E-state index is 12.1. The second-order valence-electron chi connectivity index (χ2n) is 2.95. The quantitative estimate of drug-likeness (QED) is 0.592. The number of hydrogen-bond donors (Lipinski definition) is 0. The highest BCUT2D eigenvalue weighted by Gasteiger charge is 2.30. The van der Waals surface area contributed by atoms with Gasteiger partial charge in [0.1, 0.15) is 0 Å². The number of halogens is 3. The van der Waals surface area contributed by atoms with Crippen LogP contribution < -0.4 is 0 Å². The lowest BCUT2D eigenvalue weighted by Crippen LogP contribution is -2.09. The molecule has 0 aliphatic heterocycles. The van der Waals surface area contributed by atoms with E-state index in [1.807, 2.05) is 13.8 Å². The summed E-state index contributed by atoms with van der Waals surface area (Å²) in [5.74, 6) is 0.246. The van der Waals surface area contributed by atoms with Gasteiger partial charge >= 0.3 is 6.18 Å². The van der Waals surface area contributed by atoms with E-state index in [9.17, 15) is 13.2 Å². The summed E-state index contributed by atoms with van der Waals surface area (Å²) in [5, 5.41) is 0. The average Bonchev–Trinajstić information content (AvgIpc) is 1.95. The van der Waals surface area contributed by atoms with Crippen molar-refractivity contribution in [3.05, 3.63) is 36.5 Å². The lowest BCUT2D eigenvalue weighted by atomic mass is 10.2. The van der Waals surface area contributed by atoms with Crippen molar-refractivity contribution in [3.63, 3.8) is 0 Å². The molecule has 0 aliphatic rings. The summed E-state index contributed by atoms with van der Waals surface area (Å²) < 4.78 is 36.2. The van der Waals surface area contributed by atoms with Gasteiger partial charge in [-0.2, -0.15) is 13.2 Å². The Labute approximate surface area is 76.5 Å². The van der Waals surface area contributed by atoms with E-state index in [0.29, 0.717) is 0 Å². The van der Waals surface area contributed by atoms with E-state index in [2.05, 4.69) is 6.58 Å². The molecule has 0 aromatic rings. The van der Waals surface area contributed by atoms with Crippen LogP contribution in [0.15, 0.2) is 36.5 Å². The fourth-order valence-corrected chi connectivity index (χ4v) is 0.660. The molecule has 0 nitrogen and oxygen atoms in total. The van der Waals surface area contributed by atoms with E-state index in [1.165, 1.54) is 6.08 Å². The minimum absolute atomic E-state index is 0.246. The Bertz CT molecular complexity index is 219. The van der Waals surface area contributed by atoms with Gasteiger partial charge in [0.15, 0.2) is 0 Å². The van der Waals surface area contributed by atoms with Gasteiger partial charge in [-0.25, -0.2) is 0 Å². The predicted molar refractivity (Wildman–Crippen MR) is 48.3 cm³/mol. The Morgan fingerprint density at radius 1 is 1.31 bits per heavy atom. The molecule has 0 saturated carbocycles. The first-order valence-corrected chi connectivity index (χ1v) is 3.96. The SMILES string of the molecule is C=C/C(=C\C=C\C(C)C)C(F)(F)F. The molecule has 0 radical (unpaired) electrons. The molecule has 0 bridgehead atoms. The van der Waals surface area contributed by atoms with E-state index < -0.39 is 11.7 Å². The first kappa shape index (κ1) is 12.0. The van der Waals surface area contributed by atoms with Crippen LogP contribution in [0.5, 0.6) is 0 Å². The smallest absolute Gasteiger partial charge is 0.166 e. The van der Waals surface area contributed by atoms with Gasteiger partial charge in [0, 0.05) is 0 Å². The molecule has 0 aromatic carbocycles. The molecule has 0 aliphatic carbocycles. The first-order chi connectivity index (χ1) is 5.88. The highest BCUT2D eigenvalue weighted by molar-refractivity contribution is 5.26. The maximum Gasteiger partial charge on any atom is 0.416 e. The molecule has 0 unspecified atom stereocenters. The summed E-state index contributed by atoms with van der Waals surface area (Å²) in [4.78, 5) is 0. The molecule has 74 valence electrons. The zero-order valence-corrected chi connectivity index (χ0v) is 7.73. The largest absolute Gasteiger partial charge is 0.416 e. The van der Waals surface area contributed by atoms with Crippen LogP contribution in [0.3, 0.4) is 0 Å². The molecular weight excluding hydrogens is 177 g/mol. The Kier molecular flexibility index (Phi) is 4.52. The highest BCUT2D eigenvalue weighted by Crippen LogP contribution is 2.26. The van der Waals surface area contributed by atoms with Gasteiger partial charge in [-0.15, -0.1) is 0 Å². The van der Waals surface area contributed by atoms with Gasteiger partial charge in [0.05, 0.1) is 5.57 Å². The van der Waals surface area contributed by atoms with Crippen LogP contribution in [0.2, 0.25) is 0 Å². The number of rotatable bonds is 3. The third kappa shape index (κ3) is 5.28. The molecule has 0 N–H and O–H groups in total. The van der Waals surface area contributed by atoms with Crippen LogP contribution in [0.1, 0.15) is 13.8 Å². The van der Waals surface area contributed by atoms with Crippen molar-refractivity contribution in [1.29, 1.82) is 0 Å². The molecule has 0 rings (SSSR count). The molecule has 0 aromatic heterocycles. The van der Waals surface area contributed by atoms with Crippen LogP contribution in [-0.4, -0.2) is 6.18 Å². The second-order valence-corrected chi connectivity index (χ2v) is 2.95. The topological polar surface area (TPSA) is 0 Å². The molecule has 13 heavy (non-hydrogen) atoms. The monoisotopic (exact) mass is 190 g/mol. The summed E-state index contributed by atoms with van der Waals surface area (Å²) in [6.07, 6.45) is 0.616. The van der Waals surface area contributed by atoms with Gasteiger partial charge < -0.3 is 0 Å². The van der Waals surface area contributed by atoms with Crippen molar-refractivity contribution in [1.82, 2.24) is 0 Å². The maximum absolute atomic E-state index is 12.1. The van der Waals surface area contributed by atoms with Crippen molar-refractivity contribution in [2.45, 2.75) is 20.0 Å². The third-order valence-corrected chi connectivity index (χ3v) is 1.32. The zero-order chi connectivity index (χ0) is 10.5. The summed E-state index contributed by atoms with van der Waals surface area (Å²) in [7, 11) is 0. The van der Waals surface area contributed by atoms with Gasteiger partial charge in [-0.3, -0.25) is 0 Å². The highest BCUT2D eigenvalue weighted by atomic mass is 19.4. The van der Waals surface area contributed by atoms with Gasteiger partial charge in [0.2, 0.25) is 0 Å². The van der Waals surface area contributed by atoms with Gasteiger partial charge in [0.25, 0.3) is 0 Å². The second kappa shape index (κ2) is 4.90. The Hall–Kier alpha value is -0.990. The molecule has 0 heterocycles. The first-order valence-electron chi connectivity index (χ1n) is 3.96. The predicted octanol–water partition coefficient (Wildman–Crippen LogP) is 3.87. The minimum atomic E-state index is -4.30. The van der Waals surface area contributed by atoms with Gasteiger partial charge in [-0.1, -0.05) is 44.7 Å². The van der Waals surface area contributed by atoms with Crippen LogP contribution in [0.4, 0.5) is 13.2 Å². The normalized spacial score (nSPS) is 14.2. The lowest BCUT2D eigenvalue weighted by molar-refractivity contribution is -0.0881. The van der Waals surface area contributed by atoms with Crippen LogP contribution in [0, 0.1) is 5.92 Å². The fraction of sp³-hybridized carbons (Fsp3) is 0.400. The molecule has 0 saturated heterocycles. The van der Waals surface area contributed by atoms with E-state index >= 15 is 0 Å². The third-order valence-electron chi connectivity index (χ3n) is 1.32. The van der Waals surface area contributed by atoms with Crippen LogP contribution in [0.25, 0.3) is 0 Å². The summed E-state index contributed by atoms with van der Waals surface area (Å²) in [6, 6.07) is 0. The van der Waals surface area contributed by atoms with Crippen molar-refractivity contribution in [2.75, 3.05) is 0 Å². The molecule has 3 heteroatoms. The van der Waals surface area contributed by atoms with Crippen molar-refractivity contribution < 1.29 is 13.2 Å². The van der Waals surface area contributed by atoms with E-state index in [4.69, 9.17) is 0 Å². The Morgan fingerprint density at radius 2 is 1.85 bits per heavy atom. The lowest BCUT2D eigenvalue weighted by Gasteiger charge is -2.05. The van der Waals surface area contributed by atoms with Crippen LogP contribution in [-0.2, 0) is 0 Å². The Balaban J connectivity index is 4.51. The standard InChI is InChI=1S/C10H13F3/c1-4-9(10(11,12)13)7-5-6-8(2)3/h4-8H,1H2,2-3H3/b6-5+,9-7+. The Morgan fingerprint density at radius 3 is 2.15 bits per heavy atom. The average molecular weight is 190 g/mol. The molecule has 0 amide bonds. The van der Waals surface area contributed by atoms with Crippen molar-refractivity contribution >= 4 is 0 Å². The van der Waals surface area contributed by atoms with E-state index in [-0.39, 0.29) is 5.92 Å². The summed E-state index contributed by atoms with van der Waals surface area (Å²) in [5.41, 5.74) is -0.718. The van der Waals surface area contributed by atoms with E-state index in [0.717, 1.165) is 12.2 Å². The zero-order valence-electron chi connectivity index (χ0n) is 7.73. The molecular formula is C10H13F3. The van der Waals surface area contributed by atoms with Crippen LogP contribution >= 0.6 is 0 Å². The number of hydrogen-bond acceptors (Lipinski definition) is 0. The molecule has 0 fully saturated rings. The fourth-order valence-electron chi connectivity index (χ4n) is 0.660. The number of alkyl halides is 3. The summed E-state index contributed by atoms with van der Waals surface area (Å²) >= 11 is 0. The number of allylic oxidation sites excluding steroid dienone is 5. The van der Waals surface area contributed by atoms with E-state index in [1.54, 1.807) is 6.08 Å². The minimum Gasteiger partial charge on any atom is -0.166 e. The molecule has 0 spiro atoms.